The molecule has 1 aliphatic heterocycles. The van der Waals surface area contributed by atoms with Gasteiger partial charge < -0.3 is 9.64 Å². The van der Waals surface area contributed by atoms with Gasteiger partial charge in [-0.25, -0.2) is 9.67 Å². The molecule has 6 nitrogen and oxygen atoms in total. The molecule has 128 valence electrons. The highest BCUT2D eigenvalue weighted by Crippen LogP contribution is 2.22. The van der Waals surface area contributed by atoms with Crippen molar-refractivity contribution in [2.45, 2.75) is 39.2 Å². The molecule has 0 spiro atoms. The van der Waals surface area contributed by atoms with Crippen LogP contribution < -0.4 is 4.74 Å². The van der Waals surface area contributed by atoms with Crippen LogP contribution in [-0.4, -0.2) is 45.3 Å². The highest BCUT2D eigenvalue weighted by Gasteiger charge is 2.25. The molecular formula is C18H24N4O2. The third-order valence-corrected chi connectivity index (χ3v) is 4.69. The van der Waals surface area contributed by atoms with Crippen LogP contribution in [0.1, 0.15) is 36.4 Å². The van der Waals surface area contributed by atoms with E-state index < -0.39 is 0 Å². The number of aromatic nitrogens is 3. The minimum absolute atomic E-state index is 0.144. The molecule has 6 heteroatoms. The van der Waals surface area contributed by atoms with Gasteiger partial charge in [0, 0.05) is 13.1 Å². The first kappa shape index (κ1) is 16.5. The molecule has 1 fully saturated rings. The second kappa shape index (κ2) is 7.47. The van der Waals surface area contributed by atoms with Crippen LogP contribution in [0.25, 0.3) is 0 Å². The van der Waals surface area contributed by atoms with Gasteiger partial charge in [0.1, 0.15) is 18.4 Å². The minimum atomic E-state index is 0.144. The maximum absolute atomic E-state index is 12.5. The van der Waals surface area contributed by atoms with Crippen molar-refractivity contribution in [3.05, 3.63) is 42.0 Å². The number of aryl methyl sites for hydroxylation is 1. The van der Waals surface area contributed by atoms with Crippen molar-refractivity contribution < 1.29 is 9.53 Å². The second-order valence-electron chi connectivity index (χ2n) is 6.31. The van der Waals surface area contributed by atoms with Gasteiger partial charge in [-0.2, -0.15) is 5.10 Å². The fourth-order valence-corrected chi connectivity index (χ4v) is 3.09. The summed E-state index contributed by atoms with van der Waals surface area (Å²) in [6.45, 7) is 6.03. The molecule has 0 bridgehead atoms. The maximum Gasteiger partial charge on any atom is 0.226 e. The van der Waals surface area contributed by atoms with Gasteiger partial charge in [-0.1, -0.05) is 12.1 Å². The predicted octanol–water partition coefficient (Wildman–Crippen LogP) is 2.53. The average molecular weight is 328 g/mol. The van der Waals surface area contributed by atoms with Crippen molar-refractivity contribution >= 4 is 5.91 Å². The maximum atomic E-state index is 12.5. The molecule has 0 unspecified atom stereocenters. The fourth-order valence-electron chi connectivity index (χ4n) is 3.09. The van der Waals surface area contributed by atoms with Gasteiger partial charge in [0.25, 0.3) is 0 Å². The summed E-state index contributed by atoms with van der Waals surface area (Å²) in [6.07, 6.45) is 5.69. The van der Waals surface area contributed by atoms with E-state index in [0.29, 0.717) is 19.6 Å². The summed E-state index contributed by atoms with van der Waals surface area (Å²) < 4.78 is 7.66. The van der Waals surface area contributed by atoms with Gasteiger partial charge in [0.2, 0.25) is 5.91 Å². The number of carbonyl (C=O) groups excluding carboxylic acids is 1. The molecule has 3 rings (SSSR count). The van der Waals surface area contributed by atoms with E-state index in [1.807, 2.05) is 28.6 Å². The first-order chi connectivity index (χ1) is 11.6. The van der Waals surface area contributed by atoms with Crippen molar-refractivity contribution in [3.8, 4) is 5.75 Å². The molecule has 1 amide bonds. The van der Waals surface area contributed by atoms with Gasteiger partial charge in [-0.05, 0) is 43.9 Å². The first-order valence-electron chi connectivity index (χ1n) is 8.46. The van der Waals surface area contributed by atoms with Crippen LogP contribution >= 0.6 is 0 Å². The zero-order valence-corrected chi connectivity index (χ0v) is 14.3. The highest BCUT2D eigenvalue weighted by molar-refractivity contribution is 5.76. The van der Waals surface area contributed by atoms with E-state index in [9.17, 15) is 4.79 Å². The van der Waals surface area contributed by atoms with Crippen LogP contribution in [0.15, 0.2) is 30.9 Å². The SMILES string of the molecule is Cc1cccc(OCCC(=O)N2CCC[C@H](n3cncn3)C2)c1C. The van der Waals surface area contributed by atoms with Gasteiger partial charge in [0.05, 0.1) is 19.1 Å². The van der Waals surface area contributed by atoms with E-state index >= 15 is 0 Å². The number of amides is 1. The van der Waals surface area contributed by atoms with Crippen molar-refractivity contribution in [3.63, 3.8) is 0 Å². The fraction of sp³-hybridized carbons (Fsp3) is 0.500. The average Bonchev–Trinajstić information content (AvgIpc) is 3.13. The van der Waals surface area contributed by atoms with Gasteiger partial charge in [-0.15, -0.1) is 0 Å². The van der Waals surface area contributed by atoms with E-state index in [1.54, 1.807) is 12.7 Å². The molecular weight excluding hydrogens is 304 g/mol. The molecule has 1 saturated heterocycles. The van der Waals surface area contributed by atoms with Crippen molar-refractivity contribution in [1.82, 2.24) is 19.7 Å². The number of piperidine rings is 1. The van der Waals surface area contributed by atoms with Crippen LogP contribution in [-0.2, 0) is 4.79 Å². The zero-order chi connectivity index (χ0) is 16.9. The van der Waals surface area contributed by atoms with Crippen LogP contribution in [0.5, 0.6) is 5.75 Å². The standard InChI is InChI=1S/C18H24N4O2/c1-14-5-3-7-17(15(14)2)24-10-8-18(23)21-9-4-6-16(11-21)22-13-19-12-20-22/h3,5,7,12-13,16H,4,6,8-11H2,1-2H3/t16-/m0/s1. The molecule has 0 saturated carbocycles. The number of hydrogen-bond acceptors (Lipinski definition) is 4. The van der Waals surface area contributed by atoms with Gasteiger partial charge in [0.15, 0.2) is 0 Å². The summed E-state index contributed by atoms with van der Waals surface area (Å²) in [6, 6.07) is 6.22. The predicted molar refractivity (Wildman–Crippen MR) is 90.9 cm³/mol. The second-order valence-corrected chi connectivity index (χ2v) is 6.31. The Balaban J connectivity index is 1.50. The van der Waals surface area contributed by atoms with Crippen molar-refractivity contribution in [2.24, 2.45) is 0 Å². The summed E-state index contributed by atoms with van der Waals surface area (Å²) in [5.41, 5.74) is 2.33. The Morgan fingerprint density at radius 1 is 1.38 bits per heavy atom. The Labute approximate surface area is 142 Å². The largest absolute Gasteiger partial charge is 0.493 e. The number of hydrogen-bond donors (Lipinski definition) is 0. The number of benzene rings is 1. The van der Waals surface area contributed by atoms with Crippen LogP contribution in [0.4, 0.5) is 0 Å². The normalized spacial score (nSPS) is 17.8. The Kier molecular flexibility index (Phi) is 5.13. The Hall–Kier alpha value is -2.37. The number of carbonyl (C=O) groups is 1. The molecule has 2 heterocycles. The molecule has 1 aromatic carbocycles. The monoisotopic (exact) mass is 328 g/mol. The third kappa shape index (κ3) is 3.75. The van der Waals surface area contributed by atoms with Gasteiger partial charge >= 0.3 is 0 Å². The lowest BCUT2D eigenvalue weighted by Gasteiger charge is -2.32. The number of ether oxygens (including phenoxy) is 1. The molecule has 2 aromatic rings. The number of rotatable bonds is 5. The Morgan fingerprint density at radius 2 is 2.25 bits per heavy atom. The van der Waals surface area contributed by atoms with Crippen LogP contribution in [0.2, 0.25) is 0 Å². The lowest BCUT2D eigenvalue weighted by molar-refractivity contribution is -0.133. The van der Waals surface area contributed by atoms with E-state index in [1.165, 1.54) is 5.56 Å². The smallest absolute Gasteiger partial charge is 0.226 e. The van der Waals surface area contributed by atoms with E-state index in [-0.39, 0.29) is 11.9 Å². The summed E-state index contributed by atoms with van der Waals surface area (Å²) >= 11 is 0. The quantitative estimate of drug-likeness (QED) is 0.846. The lowest BCUT2D eigenvalue weighted by atomic mass is 10.1. The minimum Gasteiger partial charge on any atom is -0.493 e. The summed E-state index contributed by atoms with van der Waals surface area (Å²) in [4.78, 5) is 18.4. The Morgan fingerprint density at radius 3 is 3.04 bits per heavy atom. The van der Waals surface area contributed by atoms with Crippen LogP contribution in [0, 0.1) is 13.8 Å². The molecule has 0 N–H and O–H groups in total. The van der Waals surface area contributed by atoms with Gasteiger partial charge in [-0.3, -0.25) is 4.79 Å². The summed E-state index contributed by atoms with van der Waals surface area (Å²) in [5, 5.41) is 4.20. The molecule has 0 aliphatic carbocycles. The summed E-state index contributed by atoms with van der Waals surface area (Å²) in [7, 11) is 0. The van der Waals surface area contributed by atoms with Crippen LogP contribution in [0.3, 0.4) is 0 Å². The molecule has 1 aliphatic rings. The van der Waals surface area contributed by atoms with Crippen molar-refractivity contribution in [1.29, 1.82) is 0 Å². The zero-order valence-electron chi connectivity index (χ0n) is 14.3. The molecule has 24 heavy (non-hydrogen) atoms. The topological polar surface area (TPSA) is 60.2 Å². The first-order valence-corrected chi connectivity index (χ1v) is 8.46. The Bertz CT molecular complexity index is 684. The van der Waals surface area contributed by atoms with E-state index in [0.717, 1.165) is 30.7 Å². The molecule has 1 atom stereocenters. The van der Waals surface area contributed by atoms with E-state index in [2.05, 4.69) is 23.1 Å². The van der Waals surface area contributed by atoms with E-state index in [4.69, 9.17) is 4.74 Å². The van der Waals surface area contributed by atoms with Crippen molar-refractivity contribution in [2.75, 3.05) is 19.7 Å². The lowest BCUT2D eigenvalue weighted by Crippen LogP contribution is -2.41. The number of nitrogens with zero attached hydrogens (tertiary/aromatic N) is 4. The molecule has 1 aromatic heterocycles. The third-order valence-electron chi connectivity index (χ3n) is 4.69. The highest BCUT2D eigenvalue weighted by atomic mass is 16.5. The number of likely N-dealkylation sites (tertiary alicyclic amines) is 1. The molecule has 0 radical (unpaired) electrons. The summed E-state index contributed by atoms with van der Waals surface area (Å²) in [5.74, 6) is 1.01.